The van der Waals surface area contributed by atoms with Gasteiger partial charge in [0.05, 0.1) is 12.9 Å². The number of benzene rings is 1. The van der Waals surface area contributed by atoms with Crippen LogP contribution < -0.4 is 14.8 Å². The van der Waals surface area contributed by atoms with Crippen molar-refractivity contribution in [1.82, 2.24) is 15.1 Å². The SMILES string of the molecule is COc1ccccc1OCC(=O)N(CCC(=O)NCCN1C(=O)CSC1=O)C1CC1. The van der Waals surface area contributed by atoms with Crippen LogP contribution in [-0.2, 0) is 14.4 Å². The van der Waals surface area contributed by atoms with E-state index in [1.54, 1.807) is 23.1 Å². The molecule has 1 aliphatic heterocycles. The second-order valence-corrected chi connectivity index (χ2v) is 7.88. The zero-order valence-electron chi connectivity index (χ0n) is 16.8. The number of amides is 4. The van der Waals surface area contributed by atoms with Gasteiger partial charge in [0.2, 0.25) is 11.8 Å². The third-order valence-electron chi connectivity index (χ3n) is 4.81. The summed E-state index contributed by atoms with van der Waals surface area (Å²) in [5.74, 6) is 0.552. The minimum absolute atomic E-state index is 0.130. The standard InChI is InChI=1S/C20H25N3O6S/c1-28-15-4-2-3-5-16(15)29-12-18(25)22(14-6-7-14)10-8-17(24)21-9-11-23-19(26)13-30-20(23)27/h2-5,14H,6-13H2,1H3,(H,21,24). The molecular weight excluding hydrogens is 410 g/mol. The number of imide groups is 1. The van der Waals surface area contributed by atoms with E-state index in [0.29, 0.717) is 18.0 Å². The van der Waals surface area contributed by atoms with E-state index >= 15 is 0 Å². The molecule has 1 aromatic carbocycles. The normalized spacial score (nSPS) is 15.8. The van der Waals surface area contributed by atoms with Crippen LogP contribution in [0.15, 0.2) is 24.3 Å². The molecule has 1 saturated carbocycles. The second kappa shape index (κ2) is 10.3. The Bertz CT molecular complexity index is 797. The Morgan fingerprint density at radius 3 is 2.60 bits per heavy atom. The molecule has 0 atom stereocenters. The molecule has 162 valence electrons. The van der Waals surface area contributed by atoms with Crippen molar-refractivity contribution in [3.05, 3.63) is 24.3 Å². The van der Waals surface area contributed by atoms with E-state index in [4.69, 9.17) is 9.47 Å². The van der Waals surface area contributed by atoms with E-state index in [9.17, 15) is 19.2 Å². The highest BCUT2D eigenvalue weighted by molar-refractivity contribution is 8.14. The molecule has 1 aromatic rings. The summed E-state index contributed by atoms with van der Waals surface area (Å²) in [6.07, 6.45) is 1.98. The maximum atomic E-state index is 12.6. The van der Waals surface area contributed by atoms with Gasteiger partial charge in [-0.05, 0) is 25.0 Å². The monoisotopic (exact) mass is 435 g/mol. The number of hydrogen-bond acceptors (Lipinski definition) is 7. The van der Waals surface area contributed by atoms with E-state index in [0.717, 1.165) is 29.5 Å². The lowest BCUT2D eigenvalue weighted by atomic mass is 10.3. The van der Waals surface area contributed by atoms with Crippen LogP contribution in [0.5, 0.6) is 11.5 Å². The third-order valence-corrected chi connectivity index (χ3v) is 5.66. The van der Waals surface area contributed by atoms with Crippen LogP contribution in [0.25, 0.3) is 0 Å². The zero-order chi connectivity index (χ0) is 21.5. The Morgan fingerprint density at radius 2 is 1.97 bits per heavy atom. The molecule has 0 aromatic heterocycles. The van der Waals surface area contributed by atoms with Gasteiger partial charge in [0.25, 0.3) is 11.1 Å². The molecule has 3 rings (SSSR count). The van der Waals surface area contributed by atoms with Crippen LogP contribution in [0.3, 0.4) is 0 Å². The summed E-state index contributed by atoms with van der Waals surface area (Å²) >= 11 is 0.966. The number of para-hydroxylation sites is 2. The Kier molecular flexibility index (Phi) is 7.56. The van der Waals surface area contributed by atoms with Crippen molar-refractivity contribution in [3.8, 4) is 11.5 Å². The molecule has 1 N–H and O–H groups in total. The Balaban J connectivity index is 1.41. The maximum Gasteiger partial charge on any atom is 0.288 e. The van der Waals surface area contributed by atoms with Crippen molar-refractivity contribution in [2.24, 2.45) is 0 Å². The summed E-state index contributed by atoms with van der Waals surface area (Å²) in [6.45, 7) is 0.525. The van der Waals surface area contributed by atoms with Gasteiger partial charge in [-0.2, -0.15) is 0 Å². The third kappa shape index (κ3) is 5.88. The molecule has 1 saturated heterocycles. The van der Waals surface area contributed by atoms with Gasteiger partial charge in [0.15, 0.2) is 18.1 Å². The van der Waals surface area contributed by atoms with Crippen molar-refractivity contribution >= 4 is 34.7 Å². The van der Waals surface area contributed by atoms with E-state index in [2.05, 4.69) is 5.32 Å². The molecule has 1 heterocycles. The molecule has 0 radical (unpaired) electrons. The van der Waals surface area contributed by atoms with Gasteiger partial charge >= 0.3 is 0 Å². The molecule has 0 spiro atoms. The average molecular weight is 436 g/mol. The molecule has 1 aliphatic carbocycles. The van der Waals surface area contributed by atoms with Gasteiger partial charge < -0.3 is 19.7 Å². The predicted octanol–water partition coefficient (Wildman–Crippen LogP) is 1.27. The fourth-order valence-electron chi connectivity index (χ4n) is 3.07. The summed E-state index contributed by atoms with van der Waals surface area (Å²) < 4.78 is 10.8. The van der Waals surface area contributed by atoms with E-state index in [1.807, 2.05) is 6.07 Å². The average Bonchev–Trinajstić information content (AvgIpc) is 3.53. The summed E-state index contributed by atoms with van der Waals surface area (Å²) in [4.78, 5) is 50.6. The highest BCUT2D eigenvalue weighted by Crippen LogP contribution is 2.28. The van der Waals surface area contributed by atoms with Gasteiger partial charge in [-0.3, -0.25) is 24.1 Å². The van der Waals surface area contributed by atoms with Crippen LogP contribution >= 0.6 is 11.8 Å². The van der Waals surface area contributed by atoms with Gasteiger partial charge in [-0.15, -0.1) is 0 Å². The van der Waals surface area contributed by atoms with Crippen LogP contribution in [0.1, 0.15) is 19.3 Å². The molecule has 2 fully saturated rings. The molecule has 0 bridgehead atoms. The second-order valence-electron chi connectivity index (χ2n) is 6.96. The molecule has 10 heteroatoms. The number of thioether (sulfide) groups is 1. The van der Waals surface area contributed by atoms with Crippen molar-refractivity contribution in [2.45, 2.75) is 25.3 Å². The Hall–Kier alpha value is -2.75. The van der Waals surface area contributed by atoms with Crippen LogP contribution in [0, 0.1) is 0 Å². The fourth-order valence-corrected chi connectivity index (χ4v) is 3.82. The zero-order valence-corrected chi connectivity index (χ0v) is 17.6. The summed E-state index contributed by atoms with van der Waals surface area (Å²) in [6, 6.07) is 7.24. The fraction of sp³-hybridized carbons (Fsp3) is 0.500. The van der Waals surface area contributed by atoms with Gasteiger partial charge in [0, 0.05) is 32.1 Å². The van der Waals surface area contributed by atoms with Crippen molar-refractivity contribution in [3.63, 3.8) is 0 Å². The summed E-state index contributed by atoms with van der Waals surface area (Å²) in [5.41, 5.74) is 0. The lowest BCUT2D eigenvalue weighted by molar-refractivity contribution is -0.134. The molecule has 30 heavy (non-hydrogen) atoms. The minimum atomic E-state index is -0.283. The Labute approximate surface area is 179 Å². The van der Waals surface area contributed by atoms with Gasteiger partial charge in [-0.1, -0.05) is 23.9 Å². The molecular formula is C20H25N3O6S. The first kappa shape index (κ1) is 21.9. The molecule has 2 aliphatic rings. The molecule has 9 nitrogen and oxygen atoms in total. The van der Waals surface area contributed by atoms with Gasteiger partial charge in [0.1, 0.15) is 0 Å². The summed E-state index contributed by atoms with van der Waals surface area (Å²) in [5, 5.41) is 2.41. The van der Waals surface area contributed by atoms with Crippen molar-refractivity contribution in [1.29, 1.82) is 0 Å². The highest BCUT2D eigenvalue weighted by Gasteiger charge is 2.33. The first-order valence-corrected chi connectivity index (χ1v) is 10.8. The molecule has 0 unspecified atom stereocenters. The highest BCUT2D eigenvalue weighted by atomic mass is 32.2. The number of methoxy groups -OCH3 is 1. The number of nitrogens with one attached hydrogen (secondary N) is 1. The Morgan fingerprint density at radius 1 is 1.23 bits per heavy atom. The number of ether oxygens (including phenoxy) is 2. The number of rotatable bonds is 11. The lowest BCUT2D eigenvalue weighted by Gasteiger charge is -2.22. The number of carbonyl (C=O) groups is 4. The smallest absolute Gasteiger partial charge is 0.288 e. The molecule has 4 amide bonds. The largest absolute Gasteiger partial charge is 0.493 e. The van der Waals surface area contributed by atoms with Crippen molar-refractivity contribution < 1.29 is 28.7 Å². The minimum Gasteiger partial charge on any atom is -0.493 e. The van der Waals surface area contributed by atoms with E-state index < -0.39 is 0 Å². The maximum absolute atomic E-state index is 12.6. The first-order valence-electron chi connectivity index (χ1n) is 9.78. The van der Waals surface area contributed by atoms with Crippen molar-refractivity contribution in [2.75, 3.05) is 39.1 Å². The van der Waals surface area contributed by atoms with Crippen LogP contribution in [0.4, 0.5) is 4.79 Å². The topological polar surface area (TPSA) is 105 Å². The summed E-state index contributed by atoms with van der Waals surface area (Å²) in [7, 11) is 1.54. The first-order chi connectivity index (χ1) is 14.5. The number of nitrogens with zero attached hydrogens (tertiary/aromatic N) is 2. The van der Waals surface area contributed by atoms with E-state index in [-0.39, 0.29) is 60.9 Å². The van der Waals surface area contributed by atoms with E-state index in [1.165, 1.54) is 7.11 Å². The van der Waals surface area contributed by atoms with Crippen LogP contribution in [-0.4, -0.2) is 77.9 Å². The quantitative estimate of drug-likeness (QED) is 0.558. The van der Waals surface area contributed by atoms with Gasteiger partial charge in [-0.25, -0.2) is 0 Å². The predicted molar refractivity (Wildman–Crippen MR) is 110 cm³/mol. The lowest BCUT2D eigenvalue weighted by Crippen LogP contribution is -2.41. The number of hydrogen-bond donors (Lipinski definition) is 1. The number of carbonyl (C=O) groups excluding carboxylic acids is 4. The van der Waals surface area contributed by atoms with Crippen LogP contribution in [0.2, 0.25) is 0 Å².